The van der Waals surface area contributed by atoms with Crippen LogP contribution >= 0.6 is 11.6 Å². The third-order valence-electron chi connectivity index (χ3n) is 5.23. The summed E-state index contributed by atoms with van der Waals surface area (Å²) >= 11 is 6.12. The maximum atomic E-state index is 12.9. The summed E-state index contributed by atoms with van der Waals surface area (Å²) in [5.41, 5.74) is 3.52. The first kappa shape index (κ1) is 20.0. The summed E-state index contributed by atoms with van der Waals surface area (Å²) in [5, 5.41) is 15.9. The Balaban J connectivity index is 1.54. The Morgan fingerprint density at radius 2 is 1.62 bits per heavy atom. The Hall–Kier alpha value is -3.97. The lowest BCUT2D eigenvalue weighted by Gasteiger charge is -2.32. The van der Waals surface area contributed by atoms with Crippen molar-refractivity contribution in [2.45, 2.75) is 6.04 Å². The van der Waals surface area contributed by atoms with Crippen molar-refractivity contribution in [3.8, 4) is 0 Å². The Labute approximate surface area is 189 Å². The monoisotopic (exact) mass is 442 g/mol. The van der Waals surface area contributed by atoms with Gasteiger partial charge < -0.3 is 5.32 Å². The van der Waals surface area contributed by atoms with Crippen molar-refractivity contribution in [1.29, 1.82) is 0 Å². The lowest BCUT2D eigenvalue weighted by Crippen LogP contribution is -2.37. The zero-order valence-electron chi connectivity index (χ0n) is 17.0. The van der Waals surface area contributed by atoms with Crippen LogP contribution in [0.4, 0.5) is 11.6 Å². The SMILES string of the molecule is O=C(CN1C(c2ccc(Cl)cc2)=C[C@@H](c2ccccc2)n2nnnc21)Nc1ccccc1. The lowest BCUT2D eigenvalue weighted by molar-refractivity contribution is -0.114. The number of carbonyl (C=O) groups excluding carboxylic acids is 1. The molecule has 0 spiro atoms. The highest BCUT2D eigenvalue weighted by Gasteiger charge is 2.31. The first-order valence-corrected chi connectivity index (χ1v) is 10.5. The van der Waals surface area contributed by atoms with Gasteiger partial charge in [0.25, 0.3) is 5.95 Å². The minimum atomic E-state index is -0.208. The molecule has 5 rings (SSSR count). The van der Waals surface area contributed by atoms with Crippen LogP contribution in [0.2, 0.25) is 5.02 Å². The molecule has 0 radical (unpaired) electrons. The van der Waals surface area contributed by atoms with E-state index in [0.29, 0.717) is 11.0 Å². The summed E-state index contributed by atoms with van der Waals surface area (Å²) < 4.78 is 1.73. The fourth-order valence-electron chi connectivity index (χ4n) is 3.75. The van der Waals surface area contributed by atoms with E-state index in [0.717, 1.165) is 22.5 Å². The molecule has 1 aliphatic rings. The van der Waals surface area contributed by atoms with Gasteiger partial charge in [-0.25, -0.2) is 0 Å². The van der Waals surface area contributed by atoms with Crippen molar-refractivity contribution in [2.24, 2.45) is 0 Å². The number of aromatic nitrogens is 4. The minimum Gasteiger partial charge on any atom is -0.325 e. The summed E-state index contributed by atoms with van der Waals surface area (Å²) in [7, 11) is 0. The summed E-state index contributed by atoms with van der Waals surface area (Å²) in [6.07, 6.45) is 2.07. The van der Waals surface area contributed by atoms with Crippen LogP contribution in [-0.4, -0.2) is 32.7 Å². The van der Waals surface area contributed by atoms with Crippen LogP contribution in [0.1, 0.15) is 17.2 Å². The molecule has 0 saturated carbocycles. The van der Waals surface area contributed by atoms with Crippen LogP contribution < -0.4 is 10.2 Å². The van der Waals surface area contributed by atoms with Crippen molar-refractivity contribution in [1.82, 2.24) is 20.2 Å². The molecule has 0 saturated heterocycles. The number of halogens is 1. The van der Waals surface area contributed by atoms with E-state index in [2.05, 4.69) is 26.9 Å². The molecule has 32 heavy (non-hydrogen) atoms. The zero-order valence-corrected chi connectivity index (χ0v) is 17.7. The van der Waals surface area contributed by atoms with Crippen molar-refractivity contribution in [3.05, 3.63) is 107 Å². The fourth-order valence-corrected chi connectivity index (χ4v) is 3.87. The molecule has 7 nitrogen and oxygen atoms in total. The quantitative estimate of drug-likeness (QED) is 0.495. The molecule has 0 fully saturated rings. The smallest absolute Gasteiger partial charge is 0.251 e. The van der Waals surface area contributed by atoms with E-state index in [9.17, 15) is 4.79 Å². The largest absolute Gasteiger partial charge is 0.325 e. The van der Waals surface area contributed by atoms with E-state index < -0.39 is 0 Å². The van der Waals surface area contributed by atoms with Crippen molar-refractivity contribution >= 4 is 34.8 Å². The number of amides is 1. The number of allylic oxidation sites excluding steroid dienone is 1. The van der Waals surface area contributed by atoms with Gasteiger partial charge in [-0.2, -0.15) is 4.68 Å². The van der Waals surface area contributed by atoms with Crippen LogP contribution in [0, 0.1) is 0 Å². The fraction of sp³-hybridized carbons (Fsp3) is 0.0833. The molecular weight excluding hydrogens is 424 g/mol. The van der Waals surface area contributed by atoms with Gasteiger partial charge in [-0.15, -0.1) is 0 Å². The van der Waals surface area contributed by atoms with Crippen LogP contribution in [0.5, 0.6) is 0 Å². The second kappa shape index (κ2) is 8.64. The number of benzene rings is 3. The average molecular weight is 443 g/mol. The van der Waals surface area contributed by atoms with Gasteiger partial charge >= 0.3 is 0 Å². The average Bonchev–Trinajstić information content (AvgIpc) is 3.31. The van der Waals surface area contributed by atoms with Gasteiger partial charge in [0, 0.05) is 10.7 Å². The van der Waals surface area contributed by atoms with Crippen LogP contribution in [-0.2, 0) is 4.79 Å². The number of tetrazole rings is 1. The second-order valence-corrected chi connectivity index (χ2v) is 7.77. The summed E-state index contributed by atoms with van der Waals surface area (Å²) in [6.45, 7) is 0.0469. The lowest BCUT2D eigenvalue weighted by atomic mass is 10.0. The predicted octanol–water partition coefficient (Wildman–Crippen LogP) is 4.42. The van der Waals surface area contributed by atoms with E-state index in [1.807, 2.05) is 89.8 Å². The summed E-state index contributed by atoms with van der Waals surface area (Å²) in [6, 6.07) is 26.6. The third-order valence-corrected chi connectivity index (χ3v) is 5.48. The molecule has 0 bridgehead atoms. The molecule has 0 aliphatic carbocycles. The number of anilines is 2. The Kier molecular flexibility index (Phi) is 5.39. The van der Waals surface area contributed by atoms with E-state index in [-0.39, 0.29) is 18.5 Å². The number of hydrogen-bond acceptors (Lipinski definition) is 5. The number of carbonyl (C=O) groups is 1. The maximum absolute atomic E-state index is 12.9. The highest BCUT2D eigenvalue weighted by atomic mass is 35.5. The Bertz CT molecular complexity index is 1250. The molecular formula is C24H19ClN6O. The number of hydrogen-bond donors (Lipinski definition) is 1. The summed E-state index contributed by atoms with van der Waals surface area (Å²) in [5.74, 6) is 0.318. The second-order valence-electron chi connectivity index (χ2n) is 7.34. The van der Waals surface area contributed by atoms with Crippen molar-refractivity contribution in [2.75, 3.05) is 16.8 Å². The molecule has 0 unspecified atom stereocenters. The highest BCUT2D eigenvalue weighted by molar-refractivity contribution is 6.30. The standard InChI is InChI=1S/C24H19ClN6O/c25-19-13-11-18(12-14-19)21-15-22(17-7-3-1-4-8-17)31-24(27-28-29-31)30(21)16-23(32)26-20-9-5-2-6-10-20/h1-15,22H,16H2,(H,26,32)/t22-/m0/s1. The van der Waals surface area contributed by atoms with Crippen LogP contribution in [0.15, 0.2) is 91.0 Å². The van der Waals surface area contributed by atoms with Crippen molar-refractivity contribution in [3.63, 3.8) is 0 Å². The topological polar surface area (TPSA) is 75.9 Å². The van der Waals surface area contributed by atoms with Gasteiger partial charge in [-0.05, 0) is 51.9 Å². The number of rotatable bonds is 5. The number of nitrogens with zero attached hydrogens (tertiary/aromatic N) is 5. The van der Waals surface area contributed by atoms with E-state index in [1.165, 1.54) is 0 Å². The Morgan fingerprint density at radius 3 is 2.34 bits per heavy atom. The van der Waals surface area contributed by atoms with Gasteiger partial charge in [0.1, 0.15) is 12.6 Å². The third kappa shape index (κ3) is 3.98. The molecule has 1 aliphatic heterocycles. The maximum Gasteiger partial charge on any atom is 0.251 e. The molecule has 1 N–H and O–H groups in total. The highest BCUT2D eigenvalue weighted by Crippen LogP contribution is 2.36. The normalized spacial score (nSPS) is 15.1. The molecule has 3 aromatic carbocycles. The minimum absolute atomic E-state index is 0.0469. The Morgan fingerprint density at radius 1 is 0.938 bits per heavy atom. The molecule has 158 valence electrons. The zero-order chi connectivity index (χ0) is 21.9. The molecule has 4 aromatic rings. The van der Waals surface area contributed by atoms with Gasteiger partial charge in [0.15, 0.2) is 0 Å². The van der Waals surface area contributed by atoms with Crippen molar-refractivity contribution < 1.29 is 4.79 Å². The van der Waals surface area contributed by atoms with Crippen LogP contribution in [0.25, 0.3) is 5.70 Å². The van der Waals surface area contributed by atoms with Gasteiger partial charge in [-0.3, -0.25) is 9.69 Å². The molecule has 1 aromatic heterocycles. The molecule has 2 heterocycles. The first-order valence-electron chi connectivity index (χ1n) is 10.1. The first-order chi connectivity index (χ1) is 15.7. The predicted molar refractivity (Wildman–Crippen MR) is 124 cm³/mol. The number of para-hydroxylation sites is 1. The van der Waals surface area contributed by atoms with E-state index in [1.54, 1.807) is 4.68 Å². The van der Waals surface area contributed by atoms with Crippen LogP contribution in [0.3, 0.4) is 0 Å². The number of nitrogens with one attached hydrogen (secondary N) is 1. The molecule has 8 heteroatoms. The van der Waals surface area contributed by atoms with E-state index in [4.69, 9.17) is 11.6 Å². The number of fused-ring (bicyclic) bond motifs is 1. The molecule has 1 atom stereocenters. The summed E-state index contributed by atoms with van der Waals surface area (Å²) in [4.78, 5) is 14.7. The van der Waals surface area contributed by atoms with Gasteiger partial charge in [0.05, 0.1) is 5.70 Å². The van der Waals surface area contributed by atoms with E-state index >= 15 is 0 Å². The van der Waals surface area contributed by atoms with Gasteiger partial charge in [0.2, 0.25) is 5.91 Å². The molecule has 1 amide bonds. The van der Waals surface area contributed by atoms with Gasteiger partial charge in [-0.1, -0.05) is 77.4 Å².